The van der Waals surface area contributed by atoms with E-state index in [1.54, 1.807) is 37.6 Å². The first-order valence-electron chi connectivity index (χ1n) is 11.0. The van der Waals surface area contributed by atoms with Crippen LogP contribution < -0.4 is 15.9 Å². The Balaban J connectivity index is 1.33. The fourth-order valence-electron chi connectivity index (χ4n) is 4.10. The van der Waals surface area contributed by atoms with Gasteiger partial charge in [-0.05, 0) is 45.0 Å². The minimum absolute atomic E-state index is 0.0895. The van der Waals surface area contributed by atoms with Gasteiger partial charge in [-0.1, -0.05) is 0 Å². The van der Waals surface area contributed by atoms with Crippen molar-refractivity contribution in [2.24, 2.45) is 0 Å². The maximum atomic E-state index is 13.0. The molecule has 4 aromatic heterocycles. The molecular weight excluding hydrogens is 451 g/mol. The Morgan fingerprint density at radius 2 is 1.94 bits per heavy atom. The van der Waals surface area contributed by atoms with Gasteiger partial charge in [-0.15, -0.1) is 9.24 Å². The second kappa shape index (κ2) is 9.32. The van der Waals surface area contributed by atoms with Crippen molar-refractivity contribution in [1.29, 1.82) is 0 Å². The summed E-state index contributed by atoms with van der Waals surface area (Å²) in [7, 11) is 2.70. The van der Waals surface area contributed by atoms with Gasteiger partial charge < -0.3 is 15.6 Å². The molecule has 0 aromatic carbocycles. The summed E-state index contributed by atoms with van der Waals surface area (Å²) >= 11 is 0. The molecule has 1 unspecified atom stereocenters. The molecular formula is C23H25N8O2P. The van der Waals surface area contributed by atoms with Crippen molar-refractivity contribution in [2.75, 3.05) is 30.3 Å². The first kappa shape index (κ1) is 22.2. The van der Waals surface area contributed by atoms with Crippen molar-refractivity contribution in [3.63, 3.8) is 0 Å². The minimum Gasteiger partial charge on any atom is -0.339 e. The molecule has 4 aromatic rings. The van der Waals surface area contributed by atoms with E-state index in [4.69, 9.17) is 0 Å². The van der Waals surface area contributed by atoms with Crippen LogP contribution in [0.5, 0.6) is 0 Å². The topological polar surface area (TPSA) is 132 Å². The fraction of sp³-hybridized carbons (Fsp3) is 0.261. The fourth-order valence-corrected chi connectivity index (χ4v) is 4.56. The first-order valence-corrected chi connectivity index (χ1v) is 11.6. The molecule has 10 nitrogen and oxygen atoms in total. The Kier molecular flexibility index (Phi) is 6.08. The van der Waals surface area contributed by atoms with Crippen molar-refractivity contribution >= 4 is 48.8 Å². The summed E-state index contributed by atoms with van der Waals surface area (Å²) in [6.45, 7) is 4.05. The lowest BCUT2D eigenvalue weighted by Gasteiger charge is -2.15. The van der Waals surface area contributed by atoms with Crippen LogP contribution in [0.4, 0.5) is 11.4 Å². The van der Waals surface area contributed by atoms with Crippen LogP contribution in [-0.4, -0.2) is 61.5 Å². The predicted octanol–water partition coefficient (Wildman–Crippen LogP) is 2.44. The number of fused-ring (bicyclic) bond motifs is 1. The molecule has 0 aliphatic carbocycles. The molecule has 1 saturated heterocycles. The molecule has 0 saturated carbocycles. The molecule has 0 bridgehead atoms. The number of anilines is 2. The molecule has 174 valence electrons. The number of aromatic nitrogens is 5. The van der Waals surface area contributed by atoms with Gasteiger partial charge in [0.15, 0.2) is 0 Å². The van der Waals surface area contributed by atoms with Crippen LogP contribution in [-0.2, 0) is 4.79 Å². The number of carbonyl (C=O) groups is 2. The SMILES string of the molecule is Cc1ncc(NC(=O)CN2CCCC2)cc1NC(=O)c1cnc2[nH]c(-c3cn[nH]c3)c(P)c2c1. The molecule has 34 heavy (non-hydrogen) atoms. The van der Waals surface area contributed by atoms with Crippen molar-refractivity contribution in [3.05, 3.63) is 48.2 Å². The average molecular weight is 476 g/mol. The number of carbonyl (C=O) groups excluding carboxylic acids is 2. The standard InChI is InChI=1S/C23H25N8O2P/c1-13-18(7-16(11-24-13)28-19(32)12-31-4-2-3-5-31)29-23(33)14-6-17-21(34)20(15-9-26-27-10-15)30-22(17)25-8-14/h6-11H,2-5,12,34H2,1H3,(H,25,30)(H,26,27)(H,28,32)(H,29,33). The third-order valence-corrected chi connectivity index (χ3v) is 6.52. The van der Waals surface area contributed by atoms with Crippen LogP contribution in [0.1, 0.15) is 28.9 Å². The molecule has 0 spiro atoms. The summed E-state index contributed by atoms with van der Waals surface area (Å²) in [4.78, 5) is 39.5. The van der Waals surface area contributed by atoms with Gasteiger partial charge in [0, 0.05) is 28.6 Å². The number of nitrogens with one attached hydrogen (secondary N) is 4. The predicted molar refractivity (Wildman–Crippen MR) is 134 cm³/mol. The van der Waals surface area contributed by atoms with Crippen molar-refractivity contribution < 1.29 is 9.59 Å². The lowest BCUT2D eigenvalue weighted by atomic mass is 10.2. The number of aromatic amines is 2. The average Bonchev–Trinajstić information content (AvgIpc) is 3.58. The van der Waals surface area contributed by atoms with E-state index in [-0.39, 0.29) is 11.8 Å². The monoisotopic (exact) mass is 476 g/mol. The van der Waals surface area contributed by atoms with E-state index in [1.807, 2.05) is 0 Å². The summed E-state index contributed by atoms with van der Waals surface area (Å²) in [5, 5.41) is 14.3. The Labute approximate surface area is 198 Å². The van der Waals surface area contributed by atoms with Crippen molar-refractivity contribution in [2.45, 2.75) is 19.8 Å². The maximum absolute atomic E-state index is 13.0. The third-order valence-electron chi connectivity index (χ3n) is 5.92. The van der Waals surface area contributed by atoms with Crippen LogP contribution in [0.25, 0.3) is 22.3 Å². The van der Waals surface area contributed by atoms with Crippen LogP contribution in [0.3, 0.4) is 0 Å². The molecule has 0 radical (unpaired) electrons. The number of H-pyrrole nitrogens is 2. The molecule has 1 fully saturated rings. The van der Waals surface area contributed by atoms with Gasteiger partial charge >= 0.3 is 0 Å². The zero-order valence-electron chi connectivity index (χ0n) is 18.7. The van der Waals surface area contributed by atoms with Crippen LogP contribution in [0.2, 0.25) is 0 Å². The smallest absolute Gasteiger partial charge is 0.257 e. The van der Waals surface area contributed by atoms with Gasteiger partial charge in [0.1, 0.15) is 5.65 Å². The highest BCUT2D eigenvalue weighted by Crippen LogP contribution is 2.24. The number of pyridine rings is 2. The zero-order chi connectivity index (χ0) is 23.7. The zero-order valence-corrected chi connectivity index (χ0v) is 19.8. The first-order chi connectivity index (χ1) is 16.5. The van der Waals surface area contributed by atoms with E-state index in [0.29, 0.717) is 34.8 Å². The normalized spacial score (nSPS) is 13.9. The Morgan fingerprint density at radius 3 is 2.71 bits per heavy atom. The van der Waals surface area contributed by atoms with E-state index in [1.165, 1.54) is 6.20 Å². The van der Waals surface area contributed by atoms with Gasteiger partial charge in [0.25, 0.3) is 5.91 Å². The van der Waals surface area contributed by atoms with Gasteiger partial charge in [0.2, 0.25) is 5.91 Å². The summed E-state index contributed by atoms with van der Waals surface area (Å²) in [5.41, 5.74) is 4.59. The molecule has 1 atom stereocenters. The molecule has 11 heteroatoms. The van der Waals surface area contributed by atoms with Crippen molar-refractivity contribution in [3.8, 4) is 11.3 Å². The number of amides is 2. The largest absolute Gasteiger partial charge is 0.339 e. The van der Waals surface area contributed by atoms with E-state index >= 15 is 0 Å². The highest BCUT2D eigenvalue weighted by Gasteiger charge is 2.17. The van der Waals surface area contributed by atoms with Gasteiger partial charge in [0.05, 0.1) is 47.3 Å². The summed E-state index contributed by atoms with van der Waals surface area (Å²) in [5.74, 6) is -0.399. The Hall–Kier alpha value is -3.62. The molecule has 5 heterocycles. The summed E-state index contributed by atoms with van der Waals surface area (Å²) in [6, 6.07) is 3.52. The number of likely N-dealkylation sites (tertiary alicyclic amines) is 1. The highest BCUT2D eigenvalue weighted by molar-refractivity contribution is 7.29. The van der Waals surface area contributed by atoms with E-state index in [0.717, 1.165) is 47.9 Å². The van der Waals surface area contributed by atoms with E-state index in [9.17, 15) is 9.59 Å². The summed E-state index contributed by atoms with van der Waals surface area (Å²) < 4.78 is 0. The number of aryl methyl sites for hydroxylation is 1. The van der Waals surface area contributed by atoms with Gasteiger partial charge in [-0.25, -0.2) is 4.98 Å². The van der Waals surface area contributed by atoms with Crippen LogP contribution in [0.15, 0.2) is 36.9 Å². The second-order valence-electron chi connectivity index (χ2n) is 8.36. The van der Waals surface area contributed by atoms with Crippen LogP contribution in [0, 0.1) is 6.92 Å². The summed E-state index contributed by atoms with van der Waals surface area (Å²) in [6.07, 6.45) is 8.89. The lowest BCUT2D eigenvalue weighted by molar-refractivity contribution is -0.117. The third kappa shape index (κ3) is 4.55. The highest BCUT2D eigenvalue weighted by atomic mass is 31.0. The lowest BCUT2D eigenvalue weighted by Crippen LogP contribution is -2.30. The quantitative estimate of drug-likeness (QED) is 0.316. The maximum Gasteiger partial charge on any atom is 0.257 e. The molecule has 2 amide bonds. The second-order valence-corrected chi connectivity index (χ2v) is 8.94. The van der Waals surface area contributed by atoms with Gasteiger partial charge in [-0.3, -0.25) is 24.6 Å². The molecule has 1 aliphatic rings. The molecule has 1 aliphatic heterocycles. The van der Waals surface area contributed by atoms with Crippen LogP contribution >= 0.6 is 9.24 Å². The number of hydrogen-bond donors (Lipinski definition) is 4. The van der Waals surface area contributed by atoms with E-state index < -0.39 is 0 Å². The van der Waals surface area contributed by atoms with Gasteiger partial charge in [-0.2, -0.15) is 5.10 Å². The molecule has 4 N–H and O–H groups in total. The number of nitrogens with zero attached hydrogens (tertiary/aromatic N) is 4. The van der Waals surface area contributed by atoms with Crippen molar-refractivity contribution in [1.82, 2.24) is 30.0 Å². The number of hydrogen-bond acceptors (Lipinski definition) is 6. The van der Waals surface area contributed by atoms with E-state index in [2.05, 4.69) is 49.9 Å². The number of rotatable bonds is 6. The minimum atomic E-state index is -0.310. The Bertz CT molecular complexity index is 1360. The molecule has 5 rings (SSSR count). The Morgan fingerprint density at radius 1 is 1.12 bits per heavy atom.